The van der Waals surface area contributed by atoms with Crippen molar-refractivity contribution in [3.63, 3.8) is 0 Å². The highest BCUT2D eigenvalue weighted by molar-refractivity contribution is 5.98. The lowest BCUT2D eigenvalue weighted by Gasteiger charge is -2.09. The Morgan fingerprint density at radius 3 is 2.10 bits per heavy atom. The van der Waals surface area contributed by atoms with Crippen LogP contribution in [0, 0.1) is 5.92 Å². The van der Waals surface area contributed by atoms with Crippen molar-refractivity contribution in [3.05, 3.63) is 65.2 Å². The number of benzene rings is 2. The van der Waals surface area contributed by atoms with E-state index < -0.39 is 6.61 Å². The Labute approximate surface area is 121 Å². The van der Waals surface area contributed by atoms with E-state index in [9.17, 15) is 13.6 Å². The van der Waals surface area contributed by atoms with Crippen LogP contribution in [0.3, 0.4) is 0 Å². The van der Waals surface area contributed by atoms with Gasteiger partial charge < -0.3 is 4.74 Å². The van der Waals surface area contributed by atoms with Crippen molar-refractivity contribution in [2.24, 2.45) is 5.92 Å². The fraction of sp³-hybridized carbons (Fsp3) is 0.235. The van der Waals surface area contributed by atoms with Gasteiger partial charge in [0.15, 0.2) is 5.78 Å². The molecule has 1 aliphatic carbocycles. The number of carbonyl (C=O) groups excluding carboxylic acids is 1. The summed E-state index contributed by atoms with van der Waals surface area (Å²) in [4.78, 5) is 12.5. The Bertz CT molecular complexity index is 625. The zero-order valence-corrected chi connectivity index (χ0v) is 11.3. The third kappa shape index (κ3) is 2.94. The maximum atomic E-state index is 12.5. The summed E-state index contributed by atoms with van der Waals surface area (Å²) in [6.07, 6.45) is 1.48. The fourth-order valence-electron chi connectivity index (χ4n) is 2.78. The number of alkyl halides is 2. The number of rotatable bonds is 4. The molecule has 0 radical (unpaired) electrons. The molecule has 2 aromatic rings. The Balaban J connectivity index is 1.72. The van der Waals surface area contributed by atoms with Crippen LogP contribution in [0.2, 0.25) is 0 Å². The highest BCUT2D eigenvalue weighted by Crippen LogP contribution is 2.29. The third-order valence-corrected chi connectivity index (χ3v) is 3.79. The van der Waals surface area contributed by atoms with Gasteiger partial charge in [0.25, 0.3) is 0 Å². The maximum absolute atomic E-state index is 12.5. The van der Waals surface area contributed by atoms with E-state index in [0.29, 0.717) is 5.56 Å². The van der Waals surface area contributed by atoms with Gasteiger partial charge in [0.05, 0.1) is 0 Å². The average Bonchev–Trinajstić information content (AvgIpc) is 2.90. The molecule has 2 aromatic carbocycles. The highest BCUT2D eigenvalue weighted by Gasteiger charge is 2.27. The molecule has 0 unspecified atom stereocenters. The van der Waals surface area contributed by atoms with E-state index in [1.54, 1.807) is 12.1 Å². The molecule has 3 rings (SSSR count). The van der Waals surface area contributed by atoms with Gasteiger partial charge in [-0.05, 0) is 48.2 Å². The first kappa shape index (κ1) is 13.7. The molecule has 0 aliphatic heterocycles. The van der Waals surface area contributed by atoms with Gasteiger partial charge in [0.2, 0.25) is 0 Å². The maximum Gasteiger partial charge on any atom is 0.387 e. The number of hydrogen-bond donors (Lipinski definition) is 0. The molecule has 0 saturated heterocycles. The van der Waals surface area contributed by atoms with Gasteiger partial charge >= 0.3 is 6.61 Å². The zero-order valence-electron chi connectivity index (χ0n) is 11.3. The summed E-state index contributed by atoms with van der Waals surface area (Å²) in [5, 5.41) is 0. The third-order valence-electron chi connectivity index (χ3n) is 3.79. The molecule has 4 heteroatoms. The molecule has 0 atom stereocenters. The van der Waals surface area contributed by atoms with Crippen molar-refractivity contribution in [1.82, 2.24) is 0 Å². The number of hydrogen-bond acceptors (Lipinski definition) is 2. The number of Topliss-reactive ketones (excluding diaryl/α,β-unsaturated/α-hetero) is 1. The molecule has 21 heavy (non-hydrogen) atoms. The molecule has 0 N–H and O–H groups in total. The van der Waals surface area contributed by atoms with Gasteiger partial charge in [-0.3, -0.25) is 4.79 Å². The van der Waals surface area contributed by atoms with E-state index in [1.807, 2.05) is 24.3 Å². The molecule has 0 amide bonds. The minimum Gasteiger partial charge on any atom is -0.435 e. The Kier molecular flexibility index (Phi) is 3.69. The predicted molar refractivity (Wildman–Crippen MR) is 74.7 cm³/mol. The normalized spacial score (nSPS) is 14.2. The first-order chi connectivity index (χ1) is 10.1. The second-order valence-electron chi connectivity index (χ2n) is 5.14. The summed E-state index contributed by atoms with van der Waals surface area (Å²) in [6, 6.07) is 13.9. The van der Waals surface area contributed by atoms with E-state index in [2.05, 4.69) is 4.74 Å². The van der Waals surface area contributed by atoms with Crippen LogP contribution in [0.1, 0.15) is 21.5 Å². The number of halogens is 2. The van der Waals surface area contributed by atoms with Gasteiger partial charge in [0.1, 0.15) is 5.75 Å². The molecule has 0 heterocycles. The van der Waals surface area contributed by atoms with Crippen LogP contribution in [0.5, 0.6) is 5.75 Å². The summed E-state index contributed by atoms with van der Waals surface area (Å²) in [7, 11) is 0. The van der Waals surface area contributed by atoms with Crippen molar-refractivity contribution in [1.29, 1.82) is 0 Å². The van der Waals surface area contributed by atoms with Crippen LogP contribution >= 0.6 is 0 Å². The topological polar surface area (TPSA) is 26.3 Å². The fourth-order valence-corrected chi connectivity index (χ4v) is 2.78. The number of ether oxygens (including phenoxy) is 1. The van der Waals surface area contributed by atoms with Crippen LogP contribution < -0.4 is 4.74 Å². The quantitative estimate of drug-likeness (QED) is 0.798. The van der Waals surface area contributed by atoms with Crippen molar-refractivity contribution in [2.45, 2.75) is 19.5 Å². The van der Waals surface area contributed by atoms with Crippen LogP contribution in [0.4, 0.5) is 8.78 Å². The Hall–Kier alpha value is -2.23. The molecule has 0 spiro atoms. The van der Waals surface area contributed by atoms with Crippen molar-refractivity contribution < 1.29 is 18.3 Å². The second-order valence-corrected chi connectivity index (χ2v) is 5.14. The minimum atomic E-state index is -2.85. The van der Waals surface area contributed by atoms with E-state index >= 15 is 0 Å². The Morgan fingerprint density at radius 1 is 1.00 bits per heavy atom. The molecule has 1 aliphatic rings. The van der Waals surface area contributed by atoms with Crippen LogP contribution in [-0.2, 0) is 12.8 Å². The summed E-state index contributed by atoms with van der Waals surface area (Å²) >= 11 is 0. The predicted octanol–water partition coefficient (Wildman–Crippen LogP) is 3.89. The number of carbonyl (C=O) groups is 1. The van der Waals surface area contributed by atoms with E-state index in [1.165, 1.54) is 23.3 Å². The Morgan fingerprint density at radius 2 is 1.57 bits per heavy atom. The summed E-state index contributed by atoms with van der Waals surface area (Å²) in [5.41, 5.74) is 2.97. The molecule has 0 saturated carbocycles. The molecule has 0 aromatic heterocycles. The average molecular weight is 288 g/mol. The molecular weight excluding hydrogens is 274 g/mol. The number of fused-ring (bicyclic) bond motifs is 1. The van der Waals surface area contributed by atoms with Crippen LogP contribution in [0.25, 0.3) is 0 Å². The summed E-state index contributed by atoms with van der Waals surface area (Å²) in [5.74, 6) is 0.0512. The number of ketones is 1. The minimum absolute atomic E-state index is 0.0507. The van der Waals surface area contributed by atoms with Gasteiger partial charge in [-0.2, -0.15) is 8.78 Å². The van der Waals surface area contributed by atoms with Gasteiger partial charge in [-0.15, -0.1) is 0 Å². The van der Waals surface area contributed by atoms with Gasteiger partial charge in [-0.25, -0.2) is 0 Å². The lowest BCUT2D eigenvalue weighted by molar-refractivity contribution is -0.0498. The molecule has 108 valence electrons. The van der Waals surface area contributed by atoms with Crippen molar-refractivity contribution in [2.75, 3.05) is 0 Å². The first-order valence-corrected chi connectivity index (χ1v) is 6.79. The van der Waals surface area contributed by atoms with Gasteiger partial charge in [0, 0.05) is 11.5 Å². The van der Waals surface area contributed by atoms with Gasteiger partial charge in [-0.1, -0.05) is 24.3 Å². The second kappa shape index (κ2) is 5.64. The lowest BCUT2D eigenvalue weighted by atomic mass is 9.95. The van der Waals surface area contributed by atoms with Crippen molar-refractivity contribution in [3.8, 4) is 5.75 Å². The zero-order chi connectivity index (χ0) is 14.8. The summed E-state index contributed by atoms with van der Waals surface area (Å²) < 4.78 is 28.5. The van der Waals surface area contributed by atoms with E-state index in [4.69, 9.17) is 0 Å². The summed E-state index contributed by atoms with van der Waals surface area (Å²) in [6.45, 7) is -2.85. The smallest absolute Gasteiger partial charge is 0.387 e. The van der Waals surface area contributed by atoms with E-state index in [0.717, 1.165) is 12.8 Å². The highest BCUT2D eigenvalue weighted by atomic mass is 19.3. The largest absolute Gasteiger partial charge is 0.435 e. The standard InChI is InChI=1S/C17H14F2O2/c18-17(19)21-15-7-5-11(6-8-15)16(20)14-9-12-3-1-2-4-13(12)10-14/h1-8,14,17H,9-10H2. The lowest BCUT2D eigenvalue weighted by Crippen LogP contribution is -2.15. The van der Waals surface area contributed by atoms with E-state index in [-0.39, 0.29) is 17.5 Å². The molecule has 0 fully saturated rings. The van der Waals surface area contributed by atoms with Crippen LogP contribution in [0.15, 0.2) is 48.5 Å². The molecule has 2 nitrogen and oxygen atoms in total. The van der Waals surface area contributed by atoms with Crippen molar-refractivity contribution >= 4 is 5.78 Å². The molecule has 0 bridgehead atoms. The molecular formula is C17H14F2O2. The monoisotopic (exact) mass is 288 g/mol. The first-order valence-electron chi connectivity index (χ1n) is 6.79. The SMILES string of the molecule is O=C(c1ccc(OC(F)F)cc1)C1Cc2ccccc2C1. The van der Waals surface area contributed by atoms with Crippen LogP contribution in [-0.4, -0.2) is 12.4 Å².